The molecule has 0 aliphatic rings. The first-order chi connectivity index (χ1) is 9.65. The Morgan fingerprint density at radius 1 is 1.35 bits per heavy atom. The SMILES string of the molecule is COC(=O)/C(C#N)=C/c1ccc(-c2ccccc2Cl)o1. The van der Waals surface area contributed by atoms with E-state index in [-0.39, 0.29) is 5.57 Å². The van der Waals surface area contributed by atoms with Crippen molar-refractivity contribution in [3.8, 4) is 17.4 Å². The van der Waals surface area contributed by atoms with E-state index in [2.05, 4.69) is 4.74 Å². The smallest absolute Gasteiger partial charge is 0.348 e. The summed E-state index contributed by atoms with van der Waals surface area (Å²) in [6.45, 7) is 0. The highest BCUT2D eigenvalue weighted by atomic mass is 35.5. The molecule has 0 radical (unpaired) electrons. The molecule has 0 unspecified atom stereocenters. The Bertz CT molecular complexity index is 710. The van der Waals surface area contributed by atoms with Gasteiger partial charge in [-0.1, -0.05) is 23.7 Å². The van der Waals surface area contributed by atoms with E-state index < -0.39 is 5.97 Å². The molecule has 0 bridgehead atoms. The van der Waals surface area contributed by atoms with Crippen LogP contribution in [0.1, 0.15) is 5.76 Å². The Morgan fingerprint density at radius 2 is 2.10 bits per heavy atom. The van der Waals surface area contributed by atoms with Crippen molar-refractivity contribution in [2.45, 2.75) is 0 Å². The van der Waals surface area contributed by atoms with Gasteiger partial charge in [0.15, 0.2) is 0 Å². The average molecular weight is 288 g/mol. The molecule has 0 spiro atoms. The van der Waals surface area contributed by atoms with E-state index in [1.165, 1.54) is 13.2 Å². The number of carbonyl (C=O) groups excluding carboxylic acids is 1. The molecule has 2 aromatic rings. The summed E-state index contributed by atoms with van der Waals surface area (Å²) in [5.74, 6) is 0.231. The maximum atomic E-state index is 11.3. The summed E-state index contributed by atoms with van der Waals surface area (Å²) in [5, 5.41) is 9.44. The lowest BCUT2D eigenvalue weighted by Gasteiger charge is -1.99. The summed E-state index contributed by atoms with van der Waals surface area (Å²) in [6, 6.07) is 12.4. The van der Waals surface area contributed by atoms with E-state index in [0.717, 1.165) is 5.56 Å². The van der Waals surface area contributed by atoms with Crippen LogP contribution in [0.5, 0.6) is 0 Å². The van der Waals surface area contributed by atoms with Gasteiger partial charge in [0, 0.05) is 11.6 Å². The van der Waals surface area contributed by atoms with Crippen molar-refractivity contribution < 1.29 is 13.9 Å². The maximum absolute atomic E-state index is 11.3. The summed E-state index contributed by atoms with van der Waals surface area (Å²) in [7, 11) is 1.21. The summed E-state index contributed by atoms with van der Waals surface area (Å²) in [5.41, 5.74) is 0.609. The van der Waals surface area contributed by atoms with Gasteiger partial charge in [-0.3, -0.25) is 0 Å². The summed E-state index contributed by atoms with van der Waals surface area (Å²) in [6.07, 6.45) is 1.33. The number of methoxy groups -OCH3 is 1. The highest BCUT2D eigenvalue weighted by molar-refractivity contribution is 6.33. The molecule has 0 amide bonds. The van der Waals surface area contributed by atoms with E-state index in [1.54, 1.807) is 24.3 Å². The number of hydrogen-bond acceptors (Lipinski definition) is 4. The van der Waals surface area contributed by atoms with Crippen LogP contribution in [0.2, 0.25) is 5.02 Å². The molecule has 0 fully saturated rings. The summed E-state index contributed by atoms with van der Waals surface area (Å²) >= 11 is 6.07. The van der Waals surface area contributed by atoms with E-state index >= 15 is 0 Å². The number of rotatable bonds is 3. The van der Waals surface area contributed by atoms with Crippen LogP contribution in [0.25, 0.3) is 17.4 Å². The van der Waals surface area contributed by atoms with Crippen LogP contribution in [0.15, 0.2) is 46.4 Å². The third kappa shape index (κ3) is 2.90. The Kier molecular flexibility index (Phi) is 4.24. The molecule has 0 saturated carbocycles. The second-order valence-corrected chi connectivity index (χ2v) is 4.25. The van der Waals surface area contributed by atoms with Crippen molar-refractivity contribution in [1.29, 1.82) is 5.26 Å². The minimum absolute atomic E-state index is 0.132. The first-order valence-electron chi connectivity index (χ1n) is 5.70. The summed E-state index contributed by atoms with van der Waals surface area (Å²) < 4.78 is 10.1. The van der Waals surface area contributed by atoms with Crippen LogP contribution in [0, 0.1) is 11.3 Å². The minimum atomic E-state index is -0.705. The molecule has 0 saturated heterocycles. The molecular formula is C15H10ClNO3. The van der Waals surface area contributed by atoms with Crippen molar-refractivity contribution in [2.24, 2.45) is 0 Å². The largest absolute Gasteiger partial charge is 0.465 e. The Morgan fingerprint density at radius 3 is 2.75 bits per heavy atom. The van der Waals surface area contributed by atoms with Gasteiger partial charge in [0.25, 0.3) is 0 Å². The fourth-order valence-electron chi connectivity index (χ4n) is 1.63. The number of halogens is 1. The van der Waals surface area contributed by atoms with Crippen molar-refractivity contribution in [3.63, 3.8) is 0 Å². The fraction of sp³-hybridized carbons (Fsp3) is 0.0667. The van der Waals surface area contributed by atoms with Gasteiger partial charge in [-0.15, -0.1) is 0 Å². The first-order valence-corrected chi connectivity index (χ1v) is 6.08. The van der Waals surface area contributed by atoms with Crippen LogP contribution >= 0.6 is 11.6 Å². The van der Waals surface area contributed by atoms with Gasteiger partial charge in [0.1, 0.15) is 23.2 Å². The number of nitriles is 1. The number of benzene rings is 1. The van der Waals surface area contributed by atoms with Crippen molar-refractivity contribution >= 4 is 23.6 Å². The number of esters is 1. The molecule has 4 nitrogen and oxygen atoms in total. The minimum Gasteiger partial charge on any atom is -0.465 e. The van der Waals surface area contributed by atoms with Gasteiger partial charge < -0.3 is 9.15 Å². The standard InChI is InChI=1S/C15H10ClNO3/c1-19-15(18)10(9-17)8-11-6-7-14(20-11)12-4-2-3-5-13(12)16/h2-8H,1H3/b10-8+. The summed E-state index contributed by atoms with van der Waals surface area (Å²) in [4.78, 5) is 11.3. The highest BCUT2D eigenvalue weighted by Crippen LogP contribution is 2.29. The average Bonchev–Trinajstić information content (AvgIpc) is 2.92. The normalized spacial score (nSPS) is 10.9. The predicted octanol–water partition coefficient (Wildman–Crippen LogP) is 3.68. The van der Waals surface area contributed by atoms with Crippen molar-refractivity contribution in [2.75, 3.05) is 7.11 Å². The van der Waals surface area contributed by atoms with Crippen molar-refractivity contribution in [1.82, 2.24) is 0 Å². The van der Waals surface area contributed by atoms with E-state index in [0.29, 0.717) is 16.5 Å². The lowest BCUT2D eigenvalue weighted by atomic mass is 10.2. The van der Waals surface area contributed by atoms with Crippen LogP contribution in [0.3, 0.4) is 0 Å². The van der Waals surface area contributed by atoms with Crippen LogP contribution in [-0.4, -0.2) is 13.1 Å². The second-order valence-electron chi connectivity index (χ2n) is 3.84. The molecule has 1 aromatic heterocycles. The van der Waals surface area contributed by atoms with E-state index in [9.17, 15) is 4.79 Å². The van der Waals surface area contributed by atoms with Gasteiger partial charge in [0.05, 0.1) is 12.1 Å². The zero-order chi connectivity index (χ0) is 14.5. The molecule has 2 rings (SSSR count). The van der Waals surface area contributed by atoms with Gasteiger partial charge in [0.2, 0.25) is 0 Å². The Labute approximate surface area is 120 Å². The molecule has 0 N–H and O–H groups in total. The molecule has 5 heteroatoms. The number of nitrogens with zero attached hydrogens (tertiary/aromatic N) is 1. The van der Waals surface area contributed by atoms with Crippen molar-refractivity contribution in [3.05, 3.63) is 52.8 Å². The number of ether oxygens (including phenoxy) is 1. The molecule has 100 valence electrons. The Hall–Kier alpha value is -2.51. The quantitative estimate of drug-likeness (QED) is 0.491. The third-order valence-electron chi connectivity index (χ3n) is 2.58. The molecule has 1 aromatic carbocycles. The second kappa shape index (κ2) is 6.09. The zero-order valence-corrected chi connectivity index (χ0v) is 11.3. The molecule has 0 atom stereocenters. The van der Waals surface area contributed by atoms with Crippen LogP contribution in [0.4, 0.5) is 0 Å². The van der Waals surface area contributed by atoms with Gasteiger partial charge in [-0.05, 0) is 24.3 Å². The van der Waals surface area contributed by atoms with E-state index in [1.807, 2.05) is 18.2 Å². The highest BCUT2D eigenvalue weighted by Gasteiger charge is 2.11. The third-order valence-corrected chi connectivity index (χ3v) is 2.91. The molecule has 1 heterocycles. The topological polar surface area (TPSA) is 63.2 Å². The number of hydrogen-bond donors (Lipinski definition) is 0. The molecule has 0 aliphatic heterocycles. The zero-order valence-electron chi connectivity index (χ0n) is 10.6. The van der Waals surface area contributed by atoms with Crippen LogP contribution in [-0.2, 0) is 9.53 Å². The van der Waals surface area contributed by atoms with Gasteiger partial charge in [-0.25, -0.2) is 4.79 Å². The lowest BCUT2D eigenvalue weighted by Crippen LogP contribution is -2.02. The monoisotopic (exact) mass is 287 g/mol. The fourth-order valence-corrected chi connectivity index (χ4v) is 1.85. The molecule has 20 heavy (non-hydrogen) atoms. The first kappa shape index (κ1) is 13.9. The van der Waals surface area contributed by atoms with Gasteiger partial charge >= 0.3 is 5.97 Å². The number of furan rings is 1. The van der Waals surface area contributed by atoms with E-state index in [4.69, 9.17) is 21.3 Å². The molecular weight excluding hydrogens is 278 g/mol. The lowest BCUT2D eigenvalue weighted by molar-refractivity contribution is -0.135. The van der Waals surface area contributed by atoms with Crippen LogP contribution < -0.4 is 0 Å². The van der Waals surface area contributed by atoms with Gasteiger partial charge in [-0.2, -0.15) is 5.26 Å². The number of carbonyl (C=O) groups is 1. The Balaban J connectivity index is 2.35. The predicted molar refractivity (Wildman–Crippen MR) is 74.8 cm³/mol. The maximum Gasteiger partial charge on any atom is 0.348 e. The molecule has 0 aliphatic carbocycles.